The topological polar surface area (TPSA) is 121 Å². The van der Waals surface area contributed by atoms with Crippen LogP contribution in [0.3, 0.4) is 0 Å². The van der Waals surface area contributed by atoms with Crippen LogP contribution in [0.2, 0.25) is 0 Å². The normalized spacial score (nSPS) is 12.3. The molecule has 4 aromatic rings. The van der Waals surface area contributed by atoms with Crippen LogP contribution in [0.25, 0.3) is 0 Å². The molecule has 0 bridgehead atoms. The second-order valence-corrected chi connectivity index (χ2v) is 7.59. The maximum atomic E-state index is 13.2. The lowest BCUT2D eigenvalue weighted by molar-refractivity contribution is 0.0923. The smallest absolute Gasteiger partial charge is 0.266 e. The van der Waals surface area contributed by atoms with E-state index < -0.39 is 23.6 Å². The van der Waals surface area contributed by atoms with Crippen LogP contribution in [-0.4, -0.2) is 33.6 Å². The zero-order valence-corrected chi connectivity index (χ0v) is 18.1. The number of nitrogens with one attached hydrogen (secondary N) is 2. The molecule has 0 unspecified atom stereocenters. The number of imide groups is 1. The maximum Gasteiger partial charge on any atom is 0.266 e. The van der Waals surface area contributed by atoms with Gasteiger partial charge in [0.2, 0.25) is 0 Å². The highest BCUT2D eigenvalue weighted by molar-refractivity contribution is 6.35. The van der Waals surface area contributed by atoms with E-state index in [1.807, 2.05) is 0 Å². The summed E-state index contributed by atoms with van der Waals surface area (Å²) in [6.45, 7) is 0. The molecule has 9 nitrogen and oxygen atoms in total. The zero-order chi connectivity index (χ0) is 24.4. The van der Waals surface area contributed by atoms with Gasteiger partial charge in [0.05, 0.1) is 16.8 Å². The molecule has 5 rings (SSSR count). The Kier molecular flexibility index (Phi) is 5.56. The van der Waals surface area contributed by atoms with Gasteiger partial charge in [-0.05, 0) is 60.7 Å². The van der Waals surface area contributed by atoms with Gasteiger partial charge in [0.1, 0.15) is 11.6 Å². The van der Waals surface area contributed by atoms with Gasteiger partial charge in [0.15, 0.2) is 0 Å². The van der Waals surface area contributed by atoms with Crippen LogP contribution < -0.4 is 15.5 Å². The minimum atomic E-state index is -0.584. The molecule has 1 aliphatic heterocycles. The van der Waals surface area contributed by atoms with E-state index >= 15 is 0 Å². The summed E-state index contributed by atoms with van der Waals surface area (Å²) in [6, 6.07) is 20.7. The molecule has 9 heteroatoms. The summed E-state index contributed by atoms with van der Waals surface area (Å²) >= 11 is 0. The van der Waals surface area contributed by atoms with Crippen molar-refractivity contribution in [3.63, 3.8) is 0 Å². The molecule has 0 atom stereocenters. The third kappa shape index (κ3) is 4.25. The van der Waals surface area contributed by atoms with Gasteiger partial charge >= 0.3 is 0 Å². The lowest BCUT2D eigenvalue weighted by Gasteiger charge is -2.15. The van der Waals surface area contributed by atoms with Gasteiger partial charge in [0.25, 0.3) is 23.6 Å². The molecule has 3 heterocycles. The molecule has 1 aliphatic rings. The number of rotatable bonds is 5. The van der Waals surface area contributed by atoms with Crippen LogP contribution in [-0.2, 0) is 0 Å². The number of hydrogen-bond donors (Lipinski definition) is 2. The second kappa shape index (κ2) is 8.99. The van der Waals surface area contributed by atoms with Crippen molar-refractivity contribution in [1.29, 1.82) is 0 Å². The first-order valence-electron chi connectivity index (χ1n) is 10.6. The number of aromatic nitrogens is 2. The van der Waals surface area contributed by atoms with Crippen molar-refractivity contribution in [2.75, 3.05) is 15.5 Å². The van der Waals surface area contributed by atoms with Gasteiger partial charge in [-0.3, -0.25) is 19.2 Å². The largest absolute Gasteiger partial charge is 0.307 e. The van der Waals surface area contributed by atoms with E-state index in [1.165, 1.54) is 24.3 Å². The molecule has 2 aromatic carbocycles. The predicted octanol–water partition coefficient (Wildman–Crippen LogP) is 3.78. The summed E-state index contributed by atoms with van der Waals surface area (Å²) in [6.07, 6.45) is 3.10. The number of anilines is 3. The maximum absolute atomic E-state index is 13.2. The van der Waals surface area contributed by atoms with Crippen molar-refractivity contribution in [3.05, 3.63) is 114 Å². The Hall–Kier alpha value is -5.18. The molecular weight excluding hydrogens is 446 g/mol. The number of amides is 4. The van der Waals surface area contributed by atoms with Crippen LogP contribution in [0, 0.1) is 0 Å². The van der Waals surface area contributed by atoms with E-state index in [4.69, 9.17) is 0 Å². The second-order valence-electron chi connectivity index (χ2n) is 7.59. The molecule has 170 valence electrons. The fourth-order valence-electron chi connectivity index (χ4n) is 3.65. The van der Waals surface area contributed by atoms with Gasteiger partial charge in [-0.2, -0.15) is 0 Å². The highest BCUT2D eigenvalue weighted by Gasteiger charge is 2.37. The van der Waals surface area contributed by atoms with Gasteiger partial charge in [-0.25, -0.2) is 14.9 Å². The molecule has 0 saturated heterocycles. The van der Waals surface area contributed by atoms with Crippen molar-refractivity contribution in [1.82, 2.24) is 9.97 Å². The average molecular weight is 463 g/mol. The van der Waals surface area contributed by atoms with E-state index in [0.717, 1.165) is 4.90 Å². The van der Waals surface area contributed by atoms with E-state index in [0.29, 0.717) is 11.6 Å². The van der Waals surface area contributed by atoms with Gasteiger partial charge in [0, 0.05) is 23.5 Å². The third-order valence-electron chi connectivity index (χ3n) is 5.33. The summed E-state index contributed by atoms with van der Waals surface area (Å²) in [7, 11) is 0. The molecule has 2 aromatic heterocycles. The van der Waals surface area contributed by atoms with E-state index in [2.05, 4.69) is 20.6 Å². The van der Waals surface area contributed by atoms with Crippen LogP contribution in [0.15, 0.2) is 91.3 Å². The summed E-state index contributed by atoms with van der Waals surface area (Å²) in [4.78, 5) is 60.5. The summed E-state index contributed by atoms with van der Waals surface area (Å²) in [5, 5.41) is 5.32. The lowest BCUT2D eigenvalue weighted by atomic mass is 10.1. The highest BCUT2D eigenvalue weighted by Crippen LogP contribution is 2.30. The van der Waals surface area contributed by atoms with Crippen molar-refractivity contribution < 1.29 is 19.2 Å². The molecular formula is C26H17N5O4. The Morgan fingerprint density at radius 1 is 0.629 bits per heavy atom. The molecule has 0 aliphatic carbocycles. The monoisotopic (exact) mass is 463 g/mol. The first kappa shape index (κ1) is 21.7. The Morgan fingerprint density at radius 2 is 1.23 bits per heavy atom. The molecule has 35 heavy (non-hydrogen) atoms. The SMILES string of the molecule is O=C(Nc1ccccn1)c1cccc(N2C(=O)c3ccc(C(=O)Nc4ccccn4)cc3C2=O)c1. The standard InChI is InChI=1S/C26H17N5O4/c32-23(29-21-8-1-3-12-27-21)16-6-5-7-18(14-16)31-25(34)19-11-10-17(15-20(19)26(31)35)24(33)30-22-9-2-4-13-28-22/h1-15H,(H,27,29,32)(H,28,30,33). The first-order chi connectivity index (χ1) is 17.0. The number of carbonyl (C=O) groups is 4. The third-order valence-corrected chi connectivity index (χ3v) is 5.33. The van der Waals surface area contributed by atoms with Crippen LogP contribution in [0.5, 0.6) is 0 Å². The Morgan fingerprint density at radius 3 is 1.83 bits per heavy atom. The predicted molar refractivity (Wildman–Crippen MR) is 128 cm³/mol. The fourth-order valence-corrected chi connectivity index (χ4v) is 3.65. The van der Waals surface area contributed by atoms with Crippen molar-refractivity contribution >= 4 is 41.0 Å². The van der Waals surface area contributed by atoms with Gasteiger partial charge in [-0.1, -0.05) is 18.2 Å². The molecule has 0 saturated carbocycles. The Labute approximate surface area is 199 Å². The molecule has 0 radical (unpaired) electrons. The molecule has 0 spiro atoms. The zero-order valence-electron chi connectivity index (χ0n) is 18.1. The number of nitrogens with zero attached hydrogens (tertiary/aromatic N) is 3. The molecule has 2 N–H and O–H groups in total. The minimum absolute atomic E-state index is 0.104. The van der Waals surface area contributed by atoms with Crippen molar-refractivity contribution in [3.8, 4) is 0 Å². The Bertz CT molecular complexity index is 1470. The lowest BCUT2D eigenvalue weighted by Crippen LogP contribution is -2.29. The number of benzene rings is 2. The Balaban J connectivity index is 1.39. The van der Waals surface area contributed by atoms with Crippen molar-refractivity contribution in [2.45, 2.75) is 0 Å². The molecule has 0 fully saturated rings. The van der Waals surface area contributed by atoms with Crippen LogP contribution >= 0.6 is 0 Å². The number of fused-ring (bicyclic) bond motifs is 1. The first-order valence-corrected chi connectivity index (χ1v) is 10.6. The number of carbonyl (C=O) groups excluding carboxylic acids is 4. The van der Waals surface area contributed by atoms with Crippen molar-refractivity contribution in [2.24, 2.45) is 0 Å². The quantitative estimate of drug-likeness (QED) is 0.435. The number of pyridine rings is 2. The van der Waals surface area contributed by atoms with E-state index in [-0.39, 0.29) is 27.9 Å². The van der Waals surface area contributed by atoms with E-state index in [9.17, 15) is 19.2 Å². The summed E-state index contributed by atoms with van der Waals surface area (Å²) in [5.41, 5.74) is 0.977. The average Bonchev–Trinajstić information content (AvgIpc) is 3.14. The minimum Gasteiger partial charge on any atom is -0.307 e. The number of hydrogen-bond acceptors (Lipinski definition) is 6. The van der Waals surface area contributed by atoms with Crippen LogP contribution in [0.1, 0.15) is 41.4 Å². The highest BCUT2D eigenvalue weighted by atomic mass is 16.2. The fraction of sp³-hybridized carbons (Fsp3) is 0. The summed E-state index contributed by atoms with van der Waals surface area (Å²) < 4.78 is 0. The van der Waals surface area contributed by atoms with Gasteiger partial charge < -0.3 is 10.6 Å². The molecule has 4 amide bonds. The van der Waals surface area contributed by atoms with Gasteiger partial charge in [-0.15, -0.1) is 0 Å². The van der Waals surface area contributed by atoms with E-state index in [1.54, 1.807) is 67.0 Å². The van der Waals surface area contributed by atoms with Crippen LogP contribution in [0.4, 0.5) is 17.3 Å². The summed E-state index contributed by atoms with van der Waals surface area (Å²) in [5.74, 6) is -1.28.